The number of aromatic nitrogens is 1. The molecule has 0 radical (unpaired) electrons. The normalized spacial score (nSPS) is 20.6. The number of hydrogen-bond donors (Lipinski definition) is 3. The molecule has 0 bridgehead atoms. The lowest BCUT2D eigenvalue weighted by Gasteiger charge is -2.30. The van der Waals surface area contributed by atoms with Crippen molar-refractivity contribution in [2.24, 2.45) is 11.8 Å². The van der Waals surface area contributed by atoms with Crippen molar-refractivity contribution in [2.75, 3.05) is 6.54 Å². The molecule has 4 unspecified atom stereocenters. The van der Waals surface area contributed by atoms with Crippen molar-refractivity contribution in [2.45, 2.75) is 56.0 Å². The highest BCUT2D eigenvalue weighted by Gasteiger charge is 2.43. The van der Waals surface area contributed by atoms with Gasteiger partial charge in [-0.25, -0.2) is 8.42 Å². The quantitative estimate of drug-likeness (QED) is 0.210. The fourth-order valence-electron chi connectivity index (χ4n) is 6.21. The van der Waals surface area contributed by atoms with Crippen molar-refractivity contribution in [1.29, 1.82) is 0 Å². The smallest absolute Gasteiger partial charge is 0.324 e. The zero-order valence-corrected chi connectivity index (χ0v) is 26.2. The average Bonchev–Trinajstić information content (AvgIpc) is 3.43. The van der Waals surface area contributed by atoms with Crippen LogP contribution in [0.4, 0.5) is 0 Å². The van der Waals surface area contributed by atoms with Crippen LogP contribution in [0.5, 0.6) is 0 Å². The summed E-state index contributed by atoms with van der Waals surface area (Å²) in [5, 5.41) is 13.5. The van der Waals surface area contributed by atoms with Gasteiger partial charge in [0.1, 0.15) is 6.04 Å². The van der Waals surface area contributed by atoms with Gasteiger partial charge in [-0.3, -0.25) is 24.8 Å². The van der Waals surface area contributed by atoms with Gasteiger partial charge in [-0.15, -0.1) is 0 Å². The number of benzene rings is 2. The molecule has 13 heteroatoms. The summed E-state index contributed by atoms with van der Waals surface area (Å²) in [5.41, 5.74) is 3.22. The van der Waals surface area contributed by atoms with Gasteiger partial charge in [-0.05, 0) is 61.4 Å². The molecular weight excluding hydrogens is 627 g/mol. The van der Waals surface area contributed by atoms with E-state index in [1.807, 2.05) is 0 Å². The van der Waals surface area contributed by atoms with Gasteiger partial charge in [0.15, 0.2) is 5.78 Å². The van der Waals surface area contributed by atoms with E-state index in [2.05, 4.69) is 15.7 Å². The molecule has 2 heterocycles. The van der Waals surface area contributed by atoms with Crippen LogP contribution in [0.3, 0.4) is 0 Å². The number of Topliss-reactive ketones (excluding diaryl/α,β-unsaturated/α-hetero) is 1. The summed E-state index contributed by atoms with van der Waals surface area (Å²) in [7, 11) is -4.66. The summed E-state index contributed by atoms with van der Waals surface area (Å²) in [6.07, 6.45) is 6.07. The summed E-state index contributed by atoms with van der Waals surface area (Å²) in [6, 6.07) is 10.2. The number of halogens is 2. The zero-order chi connectivity index (χ0) is 31.6. The van der Waals surface area contributed by atoms with E-state index in [-0.39, 0.29) is 32.2 Å². The second-order valence-corrected chi connectivity index (χ2v) is 13.8. The van der Waals surface area contributed by atoms with Crippen molar-refractivity contribution >= 4 is 50.9 Å². The first-order valence-corrected chi connectivity index (χ1v) is 16.5. The number of rotatable bonds is 10. The Morgan fingerprint density at radius 1 is 1.07 bits per heavy atom. The molecule has 1 aliphatic heterocycles. The van der Waals surface area contributed by atoms with Crippen molar-refractivity contribution in [3.63, 3.8) is 0 Å². The Morgan fingerprint density at radius 3 is 2.48 bits per heavy atom. The van der Waals surface area contributed by atoms with Gasteiger partial charge in [0.25, 0.3) is 15.9 Å². The molecule has 10 nitrogen and oxygen atoms in total. The fourth-order valence-corrected chi connectivity index (χ4v) is 8.26. The molecule has 2 fully saturated rings. The Bertz CT molecular complexity index is 1680. The van der Waals surface area contributed by atoms with E-state index in [9.17, 15) is 27.9 Å². The Kier molecular flexibility index (Phi) is 9.71. The molecular formula is C31H32Cl2N4O6S. The van der Waals surface area contributed by atoms with Crippen LogP contribution in [0.2, 0.25) is 10.0 Å². The van der Waals surface area contributed by atoms with Gasteiger partial charge in [0.2, 0.25) is 0 Å². The molecule has 44 heavy (non-hydrogen) atoms. The SMILES string of the molecule is Cc1cccc(S(=O)(=O)N(NC(=O)c2c(Cl)cncc2Cl)C(Cc2ccccc2C(=O)C2NCC3CCCCC32)C(=O)O)c1. The predicted molar refractivity (Wildman–Crippen MR) is 165 cm³/mol. The second-order valence-electron chi connectivity index (χ2n) is 11.2. The van der Waals surface area contributed by atoms with Crippen LogP contribution < -0.4 is 10.7 Å². The molecule has 1 saturated heterocycles. The van der Waals surface area contributed by atoms with Crippen LogP contribution in [0.1, 0.15) is 57.5 Å². The molecule has 1 aromatic heterocycles. The number of fused-ring (bicyclic) bond motifs is 1. The van der Waals surface area contributed by atoms with Gasteiger partial charge < -0.3 is 10.4 Å². The number of carboxylic acids is 1. The number of ketones is 1. The molecule has 4 atom stereocenters. The molecule has 1 aliphatic carbocycles. The number of nitrogens with one attached hydrogen (secondary N) is 2. The maximum absolute atomic E-state index is 14.0. The van der Waals surface area contributed by atoms with Crippen LogP contribution in [-0.4, -0.2) is 59.2 Å². The van der Waals surface area contributed by atoms with Gasteiger partial charge in [0.05, 0.1) is 26.5 Å². The molecule has 0 spiro atoms. The number of carbonyl (C=O) groups is 3. The van der Waals surface area contributed by atoms with Crippen molar-refractivity contribution in [1.82, 2.24) is 20.1 Å². The van der Waals surface area contributed by atoms with Crippen LogP contribution in [-0.2, 0) is 21.2 Å². The molecule has 5 rings (SSSR count). The van der Waals surface area contributed by atoms with E-state index in [1.165, 1.54) is 18.2 Å². The number of nitrogens with zero attached hydrogens (tertiary/aromatic N) is 2. The number of aryl methyl sites for hydroxylation is 1. The van der Waals surface area contributed by atoms with E-state index in [4.69, 9.17) is 23.2 Å². The van der Waals surface area contributed by atoms with Gasteiger partial charge in [-0.2, -0.15) is 0 Å². The maximum atomic E-state index is 14.0. The third-order valence-electron chi connectivity index (χ3n) is 8.38. The summed E-state index contributed by atoms with van der Waals surface area (Å²) >= 11 is 12.3. The van der Waals surface area contributed by atoms with Crippen molar-refractivity contribution < 1.29 is 27.9 Å². The fraction of sp³-hybridized carbons (Fsp3) is 0.355. The topological polar surface area (TPSA) is 146 Å². The summed E-state index contributed by atoms with van der Waals surface area (Å²) in [5.74, 6) is -2.15. The third kappa shape index (κ3) is 6.52. The monoisotopic (exact) mass is 658 g/mol. The minimum atomic E-state index is -4.66. The van der Waals surface area contributed by atoms with Crippen LogP contribution >= 0.6 is 23.2 Å². The maximum Gasteiger partial charge on any atom is 0.324 e. The number of amides is 1. The Hall–Kier alpha value is -3.35. The number of aliphatic carboxylic acids is 1. The van der Waals surface area contributed by atoms with Crippen LogP contribution in [0.25, 0.3) is 0 Å². The number of carbonyl (C=O) groups excluding carboxylic acids is 2. The lowest BCUT2D eigenvalue weighted by molar-refractivity contribution is -0.142. The molecule has 3 aromatic rings. The molecule has 232 valence electrons. The van der Waals surface area contributed by atoms with Crippen LogP contribution in [0, 0.1) is 18.8 Å². The first-order valence-electron chi connectivity index (χ1n) is 14.3. The van der Waals surface area contributed by atoms with Crippen molar-refractivity contribution in [3.8, 4) is 0 Å². The van der Waals surface area contributed by atoms with E-state index in [1.54, 1.807) is 37.3 Å². The first kappa shape index (κ1) is 32.1. The predicted octanol–water partition coefficient (Wildman–Crippen LogP) is 4.69. The van der Waals surface area contributed by atoms with Crippen LogP contribution in [0.15, 0.2) is 65.8 Å². The standard InChI is InChI=1S/C31H32Cl2N4O6S/c1-18-7-6-10-21(13-18)44(42,43)37(36-30(39)27-24(32)16-34-17-25(27)33)26(31(40)41)14-19-8-2-5-12-23(19)29(38)28-22-11-4-3-9-20(22)15-35-28/h2,5-8,10,12-13,16-17,20,22,26,28,35H,3-4,9,11,14-15H2,1H3,(H,36,39)(H,40,41). The number of hydrazine groups is 1. The second kappa shape index (κ2) is 13.3. The highest BCUT2D eigenvalue weighted by atomic mass is 35.5. The van der Waals surface area contributed by atoms with E-state index in [0.29, 0.717) is 27.0 Å². The molecule has 1 saturated carbocycles. The zero-order valence-electron chi connectivity index (χ0n) is 23.9. The molecule has 1 amide bonds. The van der Waals surface area contributed by atoms with Gasteiger partial charge in [0, 0.05) is 24.4 Å². The largest absolute Gasteiger partial charge is 0.480 e. The minimum Gasteiger partial charge on any atom is -0.480 e. The Labute approximate surface area is 265 Å². The number of carboxylic acid groups (broad SMARTS) is 1. The Balaban J connectivity index is 1.54. The highest BCUT2D eigenvalue weighted by molar-refractivity contribution is 7.89. The molecule has 2 aromatic carbocycles. The first-order chi connectivity index (χ1) is 21.0. The summed E-state index contributed by atoms with van der Waals surface area (Å²) in [4.78, 5) is 43.7. The lowest BCUT2D eigenvalue weighted by Crippen LogP contribution is -2.55. The number of hydrogen-bond acceptors (Lipinski definition) is 7. The lowest BCUT2D eigenvalue weighted by atomic mass is 9.76. The van der Waals surface area contributed by atoms with Gasteiger partial charge >= 0.3 is 5.97 Å². The summed E-state index contributed by atoms with van der Waals surface area (Å²) in [6.45, 7) is 2.43. The van der Waals surface area contributed by atoms with Crippen molar-refractivity contribution in [3.05, 3.63) is 93.2 Å². The highest BCUT2D eigenvalue weighted by Crippen LogP contribution is 2.37. The Morgan fingerprint density at radius 2 is 1.77 bits per heavy atom. The number of sulfonamides is 1. The molecule has 2 aliphatic rings. The van der Waals surface area contributed by atoms with E-state index >= 15 is 0 Å². The van der Waals surface area contributed by atoms with E-state index in [0.717, 1.165) is 44.6 Å². The van der Waals surface area contributed by atoms with E-state index < -0.39 is 40.4 Å². The van der Waals surface area contributed by atoms with Gasteiger partial charge in [-0.1, -0.05) is 76.9 Å². The average molecular weight is 660 g/mol. The minimum absolute atomic E-state index is 0.157. The third-order valence-corrected chi connectivity index (χ3v) is 10.7. The summed E-state index contributed by atoms with van der Waals surface area (Å²) < 4.78 is 28.5. The number of pyridine rings is 1. The molecule has 3 N–H and O–H groups in total.